The Balaban J connectivity index is 1.95. The molecule has 0 radical (unpaired) electrons. The Kier molecular flexibility index (Phi) is 3.52. The smallest absolute Gasteiger partial charge is 0.0708 e. The number of hydrogen-bond acceptors (Lipinski definition) is 2. The van der Waals surface area contributed by atoms with Crippen molar-refractivity contribution in [2.24, 2.45) is 11.7 Å². The second-order valence-electron chi connectivity index (χ2n) is 5.81. The molecular formula is C17H22N2. The first-order chi connectivity index (χ1) is 9.25. The van der Waals surface area contributed by atoms with Crippen molar-refractivity contribution >= 4 is 10.9 Å². The van der Waals surface area contributed by atoms with Crippen LogP contribution in [0.25, 0.3) is 10.9 Å². The number of aromatic nitrogens is 1. The maximum absolute atomic E-state index is 6.47. The van der Waals surface area contributed by atoms with E-state index < -0.39 is 0 Å². The third-order valence-corrected chi connectivity index (χ3v) is 4.44. The number of para-hydroxylation sites is 1. The molecule has 1 aliphatic carbocycles. The lowest BCUT2D eigenvalue weighted by Gasteiger charge is -2.27. The number of hydrogen-bond donors (Lipinski definition) is 1. The highest BCUT2D eigenvalue weighted by Gasteiger charge is 2.23. The van der Waals surface area contributed by atoms with E-state index in [1.165, 1.54) is 43.1 Å². The SMILES string of the molecule is Cc1cc(C(N)C2CCCCC2)nc2ccccc12. The van der Waals surface area contributed by atoms with Gasteiger partial charge in [-0.2, -0.15) is 0 Å². The summed E-state index contributed by atoms with van der Waals surface area (Å²) in [6, 6.07) is 10.6. The lowest BCUT2D eigenvalue weighted by molar-refractivity contribution is 0.305. The van der Waals surface area contributed by atoms with Crippen LogP contribution in [0.3, 0.4) is 0 Å². The lowest BCUT2D eigenvalue weighted by atomic mass is 9.82. The van der Waals surface area contributed by atoms with E-state index in [2.05, 4.69) is 31.2 Å². The van der Waals surface area contributed by atoms with E-state index in [4.69, 9.17) is 10.7 Å². The van der Waals surface area contributed by atoms with Crippen LogP contribution in [0.2, 0.25) is 0 Å². The van der Waals surface area contributed by atoms with Crippen LogP contribution >= 0.6 is 0 Å². The van der Waals surface area contributed by atoms with Gasteiger partial charge in [-0.1, -0.05) is 37.5 Å². The van der Waals surface area contributed by atoms with Crippen molar-refractivity contribution in [3.63, 3.8) is 0 Å². The Morgan fingerprint density at radius 1 is 1.16 bits per heavy atom. The van der Waals surface area contributed by atoms with Gasteiger partial charge in [0, 0.05) is 11.4 Å². The average molecular weight is 254 g/mol. The highest BCUT2D eigenvalue weighted by Crippen LogP contribution is 2.33. The van der Waals surface area contributed by atoms with Crippen LogP contribution in [0.5, 0.6) is 0 Å². The summed E-state index contributed by atoms with van der Waals surface area (Å²) in [4.78, 5) is 4.79. The molecule has 1 aromatic carbocycles. The maximum Gasteiger partial charge on any atom is 0.0708 e. The molecule has 1 saturated carbocycles. The van der Waals surface area contributed by atoms with E-state index in [9.17, 15) is 0 Å². The fourth-order valence-electron chi connectivity index (χ4n) is 3.28. The summed E-state index contributed by atoms with van der Waals surface area (Å²) < 4.78 is 0. The molecule has 2 N–H and O–H groups in total. The third kappa shape index (κ3) is 2.50. The molecule has 0 saturated heterocycles. The first-order valence-electron chi connectivity index (χ1n) is 7.37. The molecule has 0 aliphatic heterocycles. The molecule has 2 aromatic rings. The van der Waals surface area contributed by atoms with E-state index >= 15 is 0 Å². The first kappa shape index (κ1) is 12.6. The van der Waals surface area contributed by atoms with Crippen LogP contribution in [0.1, 0.15) is 49.4 Å². The first-order valence-corrected chi connectivity index (χ1v) is 7.37. The number of nitrogens with zero attached hydrogens (tertiary/aromatic N) is 1. The second-order valence-corrected chi connectivity index (χ2v) is 5.81. The molecule has 2 nitrogen and oxygen atoms in total. The van der Waals surface area contributed by atoms with Gasteiger partial charge in [-0.3, -0.25) is 4.98 Å². The van der Waals surface area contributed by atoms with Gasteiger partial charge in [0.1, 0.15) is 0 Å². The summed E-state index contributed by atoms with van der Waals surface area (Å²) in [5, 5.41) is 1.24. The number of fused-ring (bicyclic) bond motifs is 1. The van der Waals surface area contributed by atoms with Gasteiger partial charge in [-0.25, -0.2) is 0 Å². The van der Waals surface area contributed by atoms with E-state index in [1.54, 1.807) is 0 Å². The summed E-state index contributed by atoms with van der Waals surface area (Å²) in [7, 11) is 0. The topological polar surface area (TPSA) is 38.9 Å². The predicted octanol–water partition coefficient (Wildman–Crippen LogP) is 4.12. The molecule has 1 aromatic heterocycles. The van der Waals surface area contributed by atoms with Crippen LogP contribution in [0, 0.1) is 12.8 Å². The summed E-state index contributed by atoms with van der Waals surface area (Å²) >= 11 is 0. The molecule has 1 aliphatic rings. The summed E-state index contributed by atoms with van der Waals surface area (Å²) in [5.74, 6) is 0.613. The molecule has 1 atom stereocenters. The van der Waals surface area contributed by atoms with E-state index in [-0.39, 0.29) is 6.04 Å². The van der Waals surface area contributed by atoms with Gasteiger partial charge in [-0.05, 0) is 43.4 Å². The molecule has 19 heavy (non-hydrogen) atoms. The normalized spacial score (nSPS) is 18.6. The summed E-state index contributed by atoms with van der Waals surface area (Å²) in [5.41, 5.74) is 9.90. The van der Waals surface area contributed by atoms with Crippen molar-refractivity contribution in [1.29, 1.82) is 0 Å². The standard InChI is InChI=1S/C17H22N2/c1-12-11-16(17(18)13-7-3-2-4-8-13)19-15-10-6-5-9-14(12)15/h5-6,9-11,13,17H,2-4,7-8,18H2,1H3. The number of rotatable bonds is 2. The van der Waals surface area contributed by atoms with Gasteiger partial charge in [0.05, 0.1) is 11.2 Å². The minimum Gasteiger partial charge on any atom is -0.322 e. The second kappa shape index (κ2) is 5.30. The van der Waals surface area contributed by atoms with Gasteiger partial charge in [0.25, 0.3) is 0 Å². The molecule has 0 amide bonds. The van der Waals surface area contributed by atoms with Crippen LogP contribution in [-0.2, 0) is 0 Å². The van der Waals surface area contributed by atoms with Crippen molar-refractivity contribution in [3.05, 3.63) is 41.6 Å². The van der Waals surface area contributed by atoms with Gasteiger partial charge in [0.15, 0.2) is 0 Å². The van der Waals surface area contributed by atoms with Crippen molar-refractivity contribution < 1.29 is 0 Å². The number of pyridine rings is 1. The predicted molar refractivity (Wildman–Crippen MR) is 80.0 cm³/mol. The monoisotopic (exact) mass is 254 g/mol. The molecule has 3 rings (SSSR count). The van der Waals surface area contributed by atoms with Gasteiger partial charge >= 0.3 is 0 Å². The molecule has 0 bridgehead atoms. The molecule has 100 valence electrons. The van der Waals surface area contributed by atoms with Crippen molar-refractivity contribution in [1.82, 2.24) is 4.98 Å². The maximum atomic E-state index is 6.47. The minimum absolute atomic E-state index is 0.101. The Hall–Kier alpha value is -1.41. The Morgan fingerprint density at radius 3 is 2.68 bits per heavy atom. The highest BCUT2D eigenvalue weighted by molar-refractivity contribution is 5.82. The highest BCUT2D eigenvalue weighted by atomic mass is 14.8. The van der Waals surface area contributed by atoms with Gasteiger partial charge < -0.3 is 5.73 Å². The zero-order valence-electron chi connectivity index (χ0n) is 11.6. The average Bonchev–Trinajstić information content (AvgIpc) is 2.47. The van der Waals surface area contributed by atoms with Crippen LogP contribution < -0.4 is 5.73 Å². The molecule has 1 unspecified atom stereocenters. The van der Waals surface area contributed by atoms with E-state index in [1.807, 2.05) is 6.07 Å². The number of aryl methyl sites for hydroxylation is 1. The quantitative estimate of drug-likeness (QED) is 0.875. The van der Waals surface area contributed by atoms with Crippen LogP contribution in [-0.4, -0.2) is 4.98 Å². The largest absolute Gasteiger partial charge is 0.322 e. The van der Waals surface area contributed by atoms with E-state index in [0.717, 1.165) is 11.2 Å². The molecular weight excluding hydrogens is 232 g/mol. The Labute approximate surface area is 115 Å². The van der Waals surface area contributed by atoms with E-state index in [0.29, 0.717) is 5.92 Å². The lowest BCUT2D eigenvalue weighted by Crippen LogP contribution is -2.24. The molecule has 1 heterocycles. The van der Waals surface area contributed by atoms with Gasteiger partial charge in [-0.15, -0.1) is 0 Å². The number of nitrogens with two attached hydrogens (primary N) is 1. The Bertz CT molecular complexity index is 570. The summed E-state index contributed by atoms with van der Waals surface area (Å²) in [6.07, 6.45) is 6.53. The summed E-state index contributed by atoms with van der Waals surface area (Å²) in [6.45, 7) is 2.15. The van der Waals surface area contributed by atoms with Crippen molar-refractivity contribution in [2.75, 3.05) is 0 Å². The fourth-order valence-corrected chi connectivity index (χ4v) is 3.28. The van der Waals surface area contributed by atoms with Gasteiger partial charge in [0.2, 0.25) is 0 Å². The molecule has 2 heteroatoms. The minimum atomic E-state index is 0.101. The zero-order chi connectivity index (χ0) is 13.2. The van der Waals surface area contributed by atoms with Crippen LogP contribution in [0.4, 0.5) is 0 Å². The van der Waals surface area contributed by atoms with Crippen LogP contribution in [0.15, 0.2) is 30.3 Å². The Morgan fingerprint density at radius 2 is 1.89 bits per heavy atom. The third-order valence-electron chi connectivity index (χ3n) is 4.44. The fraction of sp³-hybridized carbons (Fsp3) is 0.471. The molecule has 1 fully saturated rings. The molecule has 0 spiro atoms. The van der Waals surface area contributed by atoms with Crippen molar-refractivity contribution in [3.8, 4) is 0 Å². The zero-order valence-corrected chi connectivity index (χ0v) is 11.6. The number of benzene rings is 1. The van der Waals surface area contributed by atoms with Crippen molar-refractivity contribution in [2.45, 2.75) is 45.1 Å².